The number of nitrogens with one attached hydrogen (secondary N) is 1. The van der Waals surface area contributed by atoms with Crippen LogP contribution in [0.15, 0.2) is 18.3 Å². The first kappa shape index (κ1) is 16.4. The zero-order chi connectivity index (χ0) is 16.3. The van der Waals surface area contributed by atoms with Crippen LogP contribution >= 0.6 is 0 Å². The summed E-state index contributed by atoms with van der Waals surface area (Å²) >= 11 is 0. The van der Waals surface area contributed by atoms with Gasteiger partial charge in [0.2, 0.25) is 0 Å². The van der Waals surface area contributed by atoms with Crippen LogP contribution in [0.4, 0.5) is 0 Å². The summed E-state index contributed by atoms with van der Waals surface area (Å²) in [5.41, 5.74) is 0.134. The summed E-state index contributed by atoms with van der Waals surface area (Å²) in [4.78, 5) is 27.0. The normalized spacial score (nSPS) is 22.7. The van der Waals surface area contributed by atoms with Gasteiger partial charge in [-0.1, -0.05) is 13.8 Å². The highest BCUT2D eigenvalue weighted by molar-refractivity contribution is 5.96. The predicted octanol–water partition coefficient (Wildman–Crippen LogP) is 2.10. The molecule has 0 spiro atoms. The van der Waals surface area contributed by atoms with E-state index in [0.717, 1.165) is 19.3 Å². The van der Waals surface area contributed by atoms with Gasteiger partial charge in [0.05, 0.1) is 6.10 Å². The summed E-state index contributed by atoms with van der Waals surface area (Å²) in [5, 5.41) is 12.0. The maximum Gasteiger partial charge on any atom is 0.354 e. The van der Waals surface area contributed by atoms with Crippen molar-refractivity contribution in [2.75, 3.05) is 7.11 Å². The van der Waals surface area contributed by atoms with Crippen LogP contribution in [0, 0.1) is 5.41 Å². The zero-order valence-electron chi connectivity index (χ0n) is 13.1. The van der Waals surface area contributed by atoms with E-state index < -0.39 is 5.97 Å². The summed E-state index contributed by atoms with van der Waals surface area (Å²) in [7, 11) is 1.70. The van der Waals surface area contributed by atoms with E-state index >= 15 is 0 Å². The van der Waals surface area contributed by atoms with Crippen molar-refractivity contribution in [2.24, 2.45) is 5.41 Å². The van der Waals surface area contributed by atoms with Crippen LogP contribution in [-0.2, 0) is 4.74 Å². The number of hydrogen-bond acceptors (Lipinski definition) is 4. The second kappa shape index (κ2) is 6.44. The predicted molar refractivity (Wildman–Crippen MR) is 80.9 cm³/mol. The van der Waals surface area contributed by atoms with E-state index in [4.69, 9.17) is 9.84 Å². The average molecular weight is 306 g/mol. The smallest absolute Gasteiger partial charge is 0.354 e. The molecule has 1 aromatic heterocycles. The summed E-state index contributed by atoms with van der Waals surface area (Å²) in [6.07, 6.45) is 4.11. The van der Waals surface area contributed by atoms with Crippen LogP contribution in [0.2, 0.25) is 0 Å². The Balaban J connectivity index is 2.12. The van der Waals surface area contributed by atoms with E-state index in [1.165, 1.54) is 18.3 Å². The molecule has 6 heteroatoms. The number of ether oxygens (including phenoxy) is 1. The Morgan fingerprint density at radius 2 is 2.14 bits per heavy atom. The van der Waals surface area contributed by atoms with Crippen LogP contribution in [0.5, 0.6) is 0 Å². The van der Waals surface area contributed by atoms with Gasteiger partial charge in [0.25, 0.3) is 5.91 Å². The fraction of sp³-hybridized carbons (Fsp3) is 0.562. The van der Waals surface area contributed by atoms with Gasteiger partial charge in [-0.2, -0.15) is 0 Å². The molecule has 0 saturated heterocycles. The number of carbonyl (C=O) groups excluding carboxylic acids is 1. The number of carboxylic acid groups (broad SMARTS) is 1. The minimum atomic E-state index is -1.14. The molecule has 0 aromatic carbocycles. The molecule has 1 aliphatic rings. The lowest BCUT2D eigenvalue weighted by Crippen LogP contribution is -2.64. The maximum absolute atomic E-state index is 12.4. The van der Waals surface area contributed by atoms with Gasteiger partial charge in [-0.05, 0) is 31.4 Å². The molecule has 2 N–H and O–H groups in total. The molecule has 6 nitrogen and oxygen atoms in total. The molecule has 2 rings (SSSR count). The van der Waals surface area contributed by atoms with Gasteiger partial charge >= 0.3 is 5.97 Å². The molecule has 0 aliphatic heterocycles. The van der Waals surface area contributed by atoms with Crippen LogP contribution in [0.3, 0.4) is 0 Å². The summed E-state index contributed by atoms with van der Waals surface area (Å²) in [6.45, 7) is 4.20. The third-order valence-corrected chi connectivity index (χ3v) is 4.93. The Bertz CT molecular complexity index is 569. The van der Waals surface area contributed by atoms with Gasteiger partial charge < -0.3 is 15.2 Å². The Kier molecular flexibility index (Phi) is 4.81. The van der Waals surface area contributed by atoms with Crippen molar-refractivity contribution in [2.45, 2.75) is 45.3 Å². The van der Waals surface area contributed by atoms with E-state index in [1.807, 2.05) is 0 Å². The quantitative estimate of drug-likeness (QED) is 0.840. The average Bonchev–Trinajstić information content (AvgIpc) is 2.52. The molecule has 1 fully saturated rings. The number of aromatic nitrogens is 1. The first-order chi connectivity index (χ1) is 10.5. The lowest BCUT2D eigenvalue weighted by Gasteiger charge is -2.55. The van der Waals surface area contributed by atoms with Crippen molar-refractivity contribution in [1.82, 2.24) is 10.3 Å². The molecule has 0 bridgehead atoms. The molecule has 120 valence electrons. The monoisotopic (exact) mass is 306 g/mol. The van der Waals surface area contributed by atoms with E-state index in [0.29, 0.717) is 5.56 Å². The van der Waals surface area contributed by atoms with Crippen molar-refractivity contribution in [3.05, 3.63) is 29.6 Å². The van der Waals surface area contributed by atoms with E-state index in [-0.39, 0.29) is 29.2 Å². The Morgan fingerprint density at radius 1 is 1.45 bits per heavy atom. The largest absolute Gasteiger partial charge is 0.477 e. The summed E-state index contributed by atoms with van der Waals surface area (Å²) in [6, 6.07) is 2.86. The highest BCUT2D eigenvalue weighted by Crippen LogP contribution is 2.48. The SMILES string of the molecule is CCC1(CC)C(NC(=O)c2ccnc(C(=O)O)c2)CC1OC. The number of aromatic carboxylic acids is 1. The lowest BCUT2D eigenvalue weighted by molar-refractivity contribution is -0.120. The zero-order valence-corrected chi connectivity index (χ0v) is 13.1. The molecule has 1 aromatic rings. The molecule has 0 radical (unpaired) electrons. The number of rotatable bonds is 6. The fourth-order valence-corrected chi connectivity index (χ4v) is 3.41. The molecule has 1 aliphatic carbocycles. The van der Waals surface area contributed by atoms with Crippen molar-refractivity contribution >= 4 is 11.9 Å². The summed E-state index contributed by atoms with van der Waals surface area (Å²) in [5.74, 6) is -1.41. The Labute approximate surface area is 129 Å². The van der Waals surface area contributed by atoms with Crippen LogP contribution in [0.25, 0.3) is 0 Å². The second-order valence-corrected chi connectivity index (χ2v) is 5.66. The second-order valence-electron chi connectivity index (χ2n) is 5.66. The number of nitrogens with zero attached hydrogens (tertiary/aromatic N) is 1. The molecule has 1 amide bonds. The molecule has 1 saturated carbocycles. The van der Waals surface area contributed by atoms with Gasteiger partial charge in [-0.25, -0.2) is 9.78 Å². The maximum atomic E-state index is 12.4. The fourth-order valence-electron chi connectivity index (χ4n) is 3.41. The molecule has 2 unspecified atom stereocenters. The standard InChI is InChI=1S/C16H22N2O4/c1-4-16(5-2)12(9-13(16)22-3)18-14(19)10-6-7-17-11(8-10)15(20)21/h6-8,12-13H,4-5,9H2,1-3H3,(H,18,19)(H,20,21). The molecular formula is C16H22N2O4. The number of carbonyl (C=O) groups is 2. The first-order valence-corrected chi connectivity index (χ1v) is 7.51. The van der Waals surface area contributed by atoms with Crippen molar-refractivity contribution < 1.29 is 19.4 Å². The minimum absolute atomic E-state index is 0.0430. The Morgan fingerprint density at radius 3 is 2.68 bits per heavy atom. The molecule has 22 heavy (non-hydrogen) atoms. The number of amides is 1. The molecule has 1 heterocycles. The number of hydrogen-bond donors (Lipinski definition) is 2. The Hall–Kier alpha value is -1.95. The van der Waals surface area contributed by atoms with Crippen molar-refractivity contribution in [3.63, 3.8) is 0 Å². The van der Waals surface area contributed by atoms with E-state index in [2.05, 4.69) is 24.1 Å². The lowest BCUT2D eigenvalue weighted by atomic mass is 9.58. The van der Waals surface area contributed by atoms with Gasteiger partial charge in [-0.3, -0.25) is 4.79 Å². The summed E-state index contributed by atoms with van der Waals surface area (Å²) < 4.78 is 5.51. The van der Waals surface area contributed by atoms with Crippen LogP contribution in [0.1, 0.15) is 54.0 Å². The first-order valence-electron chi connectivity index (χ1n) is 7.51. The number of methoxy groups -OCH3 is 1. The minimum Gasteiger partial charge on any atom is -0.477 e. The highest BCUT2D eigenvalue weighted by Gasteiger charge is 2.53. The van der Waals surface area contributed by atoms with E-state index in [1.54, 1.807) is 7.11 Å². The van der Waals surface area contributed by atoms with Gasteiger partial charge in [0.1, 0.15) is 5.69 Å². The molecule has 2 atom stereocenters. The number of carboxylic acids is 1. The van der Waals surface area contributed by atoms with Crippen LogP contribution < -0.4 is 5.32 Å². The third-order valence-electron chi connectivity index (χ3n) is 4.93. The van der Waals surface area contributed by atoms with Crippen molar-refractivity contribution in [3.8, 4) is 0 Å². The highest BCUT2D eigenvalue weighted by atomic mass is 16.5. The van der Waals surface area contributed by atoms with E-state index in [9.17, 15) is 9.59 Å². The van der Waals surface area contributed by atoms with Gasteiger partial charge in [0, 0.05) is 30.3 Å². The van der Waals surface area contributed by atoms with Crippen molar-refractivity contribution in [1.29, 1.82) is 0 Å². The van der Waals surface area contributed by atoms with Crippen LogP contribution in [-0.4, -0.2) is 41.2 Å². The third kappa shape index (κ3) is 2.70. The van der Waals surface area contributed by atoms with Gasteiger partial charge in [-0.15, -0.1) is 0 Å². The molecular weight excluding hydrogens is 284 g/mol. The number of pyridine rings is 1. The van der Waals surface area contributed by atoms with Gasteiger partial charge in [0.15, 0.2) is 0 Å². The topological polar surface area (TPSA) is 88.5 Å².